The summed E-state index contributed by atoms with van der Waals surface area (Å²) in [6, 6.07) is 21.4. The highest BCUT2D eigenvalue weighted by molar-refractivity contribution is 6.09. The van der Waals surface area contributed by atoms with Gasteiger partial charge in [-0.2, -0.15) is 0 Å². The van der Waals surface area contributed by atoms with Gasteiger partial charge in [0, 0.05) is 28.0 Å². The lowest BCUT2D eigenvalue weighted by molar-refractivity contribution is 0.669. The minimum Gasteiger partial charge on any atom is -0.456 e. The Bertz CT molecular complexity index is 981. The van der Waals surface area contributed by atoms with Crippen LogP contribution < -0.4 is 5.32 Å². The molecule has 0 N–H and O–H groups in total. The summed E-state index contributed by atoms with van der Waals surface area (Å²) >= 11 is 0. The highest BCUT2D eigenvalue weighted by atomic mass is 16.3. The predicted octanol–water partition coefficient (Wildman–Crippen LogP) is 4.93. The van der Waals surface area contributed by atoms with Crippen LogP contribution >= 0.6 is 0 Å². The van der Waals surface area contributed by atoms with Crippen LogP contribution in [0, 0.1) is 6.07 Å². The summed E-state index contributed by atoms with van der Waals surface area (Å²) < 4.78 is 5.90. The van der Waals surface area contributed by atoms with E-state index in [4.69, 9.17) is 4.42 Å². The van der Waals surface area contributed by atoms with Gasteiger partial charge in [0.2, 0.25) is 0 Å². The number of para-hydroxylation sites is 1. The molecule has 0 saturated heterocycles. The molecule has 0 amide bonds. The molecule has 0 atom stereocenters. The van der Waals surface area contributed by atoms with Gasteiger partial charge in [-0.1, -0.05) is 24.3 Å². The lowest BCUT2D eigenvalue weighted by Crippen LogP contribution is -1.80. The van der Waals surface area contributed by atoms with Gasteiger partial charge in [-0.3, -0.25) is 0 Å². The largest absolute Gasteiger partial charge is 0.456 e. The van der Waals surface area contributed by atoms with Crippen LogP contribution in [-0.2, 0) is 0 Å². The van der Waals surface area contributed by atoms with E-state index < -0.39 is 0 Å². The van der Waals surface area contributed by atoms with Crippen LogP contribution in [0.1, 0.15) is 0 Å². The first-order chi connectivity index (χ1) is 9.90. The van der Waals surface area contributed by atoms with Crippen LogP contribution in [0.2, 0.25) is 0 Å². The molecule has 0 saturated carbocycles. The third-order valence-electron chi connectivity index (χ3n) is 3.87. The Morgan fingerprint density at radius 3 is 2.80 bits per heavy atom. The second-order valence-corrected chi connectivity index (χ2v) is 5.02. The van der Waals surface area contributed by atoms with Gasteiger partial charge >= 0.3 is 0 Å². The standard InChI is InChI=1S/C18H9NO/c1-3-7-15-11(5-1)13-9-14-12-6-2-4-8-17(12)20-18(14)10-16(13)19-15/h1,3-10H. The third kappa shape index (κ3) is 1.18. The van der Waals surface area contributed by atoms with Crippen molar-refractivity contribution in [2.45, 2.75) is 0 Å². The highest BCUT2D eigenvalue weighted by Gasteiger charge is 2.21. The fourth-order valence-electron chi connectivity index (χ4n) is 2.93. The Kier molecular flexibility index (Phi) is 1.73. The molecule has 0 bridgehead atoms. The molecule has 1 aliphatic heterocycles. The molecule has 1 aromatic heterocycles. The summed E-state index contributed by atoms with van der Waals surface area (Å²) in [4.78, 5) is 0. The molecule has 0 spiro atoms. The van der Waals surface area contributed by atoms with Gasteiger partial charge in [-0.25, -0.2) is 5.32 Å². The normalized spacial score (nSPS) is 12.4. The number of benzene rings is 3. The van der Waals surface area contributed by atoms with E-state index in [1.54, 1.807) is 0 Å². The van der Waals surface area contributed by atoms with Crippen molar-refractivity contribution < 1.29 is 4.42 Å². The molecule has 2 nitrogen and oxygen atoms in total. The lowest BCUT2D eigenvalue weighted by Gasteiger charge is -1.98. The zero-order valence-electron chi connectivity index (χ0n) is 10.6. The maximum Gasteiger partial charge on any atom is 0.137 e. The summed E-state index contributed by atoms with van der Waals surface area (Å²) in [7, 11) is 0. The first-order valence-electron chi connectivity index (χ1n) is 6.58. The Morgan fingerprint density at radius 1 is 0.850 bits per heavy atom. The van der Waals surface area contributed by atoms with Gasteiger partial charge in [-0.15, -0.1) is 0 Å². The average Bonchev–Trinajstić information content (AvgIpc) is 3.02. The summed E-state index contributed by atoms with van der Waals surface area (Å²) in [6.07, 6.45) is 0. The molecule has 2 heterocycles. The van der Waals surface area contributed by atoms with E-state index in [2.05, 4.69) is 29.6 Å². The number of nitrogens with zero attached hydrogens (tertiary/aromatic N) is 1. The van der Waals surface area contributed by atoms with E-state index in [-0.39, 0.29) is 0 Å². The second-order valence-electron chi connectivity index (χ2n) is 5.02. The van der Waals surface area contributed by atoms with Crippen LogP contribution in [0.15, 0.2) is 59.0 Å². The maximum absolute atomic E-state index is 5.90. The zero-order chi connectivity index (χ0) is 13.1. The van der Waals surface area contributed by atoms with Crippen LogP contribution in [0.25, 0.3) is 33.1 Å². The summed E-state index contributed by atoms with van der Waals surface area (Å²) in [5.41, 5.74) is 6.18. The first-order valence-corrected chi connectivity index (χ1v) is 6.58. The monoisotopic (exact) mass is 255 g/mol. The Hall–Kier alpha value is -2.74. The van der Waals surface area contributed by atoms with Crippen molar-refractivity contribution in [2.24, 2.45) is 0 Å². The zero-order valence-corrected chi connectivity index (χ0v) is 10.6. The molecule has 1 aliphatic rings. The van der Waals surface area contributed by atoms with Crippen LogP contribution in [-0.4, -0.2) is 0 Å². The fourth-order valence-corrected chi connectivity index (χ4v) is 2.93. The van der Waals surface area contributed by atoms with E-state index in [9.17, 15) is 0 Å². The van der Waals surface area contributed by atoms with Gasteiger partial charge in [0.25, 0.3) is 0 Å². The highest BCUT2D eigenvalue weighted by Crippen LogP contribution is 2.45. The quantitative estimate of drug-likeness (QED) is 0.385. The number of rotatable bonds is 0. The van der Waals surface area contributed by atoms with Crippen molar-refractivity contribution in [3.63, 3.8) is 0 Å². The molecule has 3 aromatic carbocycles. The summed E-state index contributed by atoms with van der Waals surface area (Å²) in [6.45, 7) is 0. The van der Waals surface area contributed by atoms with Crippen LogP contribution in [0.5, 0.6) is 0 Å². The number of fused-ring (bicyclic) bond motifs is 6. The van der Waals surface area contributed by atoms with Crippen molar-refractivity contribution in [2.75, 3.05) is 0 Å². The number of hydrogen-bond donors (Lipinski definition) is 0. The Morgan fingerprint density at radius 2 is 1.80 bits per heavy atom. The van der Waals surface area contributed by atoms with E-state index in [1.807, 2.05) is 36.4 Å². The van der Waals surface area contributed by atoms with Crippen molar-refractivity contribution in [1.29, 1.82) is 0 Å². The third-order valence-corrected chi connectivity index (χ3v) is 3.87. The molecule has 2 heteroatoms. The average molecular weight is 255 g/mol. The van der Waals surface area contributed by atoms with Crippen LogP contribution in [0.3, 0.4) is 0 Å². The minimum absolute atomic E-state index is 0.884. The first kappa shape index (κ1) is 10.1. The molecule has 0 fully saturated rings. The molecule has 4 aromatic rings. The van der Waals surface area contributed by atoms with E-state index >= 15 is 0 Å². The minimum atomic E-state index is 0.884. The van der Waals surface area contributed by atoms with E-state index in [1.165, 1.54) is 11.1 Å². The number of furan rings is 1. The summed E-state index contributed by atoms with van der Waals surface area (Å²) in [5, 5.41) is 6.90. The summed E-state index contributed by atoms with van der Waals surface area (Å²) in [5.74, 6) is 0. The van der Waals surface area contributed by atoms with Crippen molar-refractivity contribution >= 4 is 33.3 Å². The van der Waals surface area contributed by atoms with E-state index in [0.29, 0.717) is 0 Å². The van der Waals surface area contributed by atoms with Gasteiger partial charge < -0.3 is 4.42 Å². The fraction of sp³-hybridized carbons (Fsp3) is 0. The van der Waals surface area contributed by atoms with Crippen LogP contribution in [0.4, 0.5) is 11.4 Å². The Balaban J connectivity index is 1.91. The van der Waals surface area contributed by atoms with Gasteiger partial charge in [0.1, 0.15) is 11.2 Å². The molecule has 0 aliphatic carbocycles. The molecule has 20 heavy (non-hydrogen) atoms. The maximum atomic E-state index is 5.90. The molecule has 0 unspecified atom stereocenters. The lowest BCUT2D eigenvalue weighted by atomic mass is 10.0. The van der Waals surface area contributed by atoms with E-state index in [0.717, 1.165) is 33.3 Å². The van der Waals surface area contributed by atoms with Gasteiger partial charge in [-0.05, 0) is 30.3 Å². The SMILES string of the molecule is [c]1ccc2oc3cc4c(cc3c2c1)-c1ccccc1[N]4. The second kappa shape index (κ2) is 3.42. The van der Waals surface area contributed by atoms with Crippen molar-refractivity contribution in [1.82, 2.24) is 5.32 Å². The molecular formula is C18H9NO. The topological polar surface area (TPSA) is 27.2 Å². The smallest absolute Gasteiger partial charge is 0.137 e. The molecule has 2 radical (unpaired) electrons. The van der Waals surface area contributed by atoms with Crippen molar-refractivity contribution in [3.8, 4) is 11.1 Å². The van der Waals surface area contributed by atoms with Gasteiger partial charge in [0.05, 0.1) is 11.4 Å². The Labute approximate surface area is 115 Å². The predicted molar refractivity (Wildman–Crippen MR) is 79.4 cm³/mol. The molecule has 5 rings (SSSR count). The van der Waals surface area contributed by atoms with Gasteiger partial charge in [0.15, 0.2) is 0 Å². The van der Waals surface area contributed by atoms with Crippen molar-refractivity contribution in [3.05, 3.63) is 60.7 Å². The molecular weight excluding hydrogens is 246 g/mol. The molecule has 92 valence electrons. The number of hydrogen-bond acceptors (Lipinski definition) is 1.